The predicted octanol–water partition coefficient (Wildman–Crippen LogP) is 4.59. The van der Waals surface area contributed by atoms with Crippen molar-refractivity contribution in [2.24, 2.45) is 0 Å². The summed E-state index contributed by atoms with van der Waals surface area (Å²) in [4.78, 5) is 4.41. The van der Waals surface area contributed by atoms with Crippen molar-refractivity contribution in [3.8, 4) is 0 Å². The molecule has 1 aliphatic carbocycles. The van der Waals surface area contributed by atoms with Gasteiger partial charge in [-0.1, -0.05) is 25.3 Å². The first-order valence-corrected chi connectivity index (χ1v) is 7.41. The molecule has 1 aliphatic rings. The number of benzene rings is 1. The van der Waals surface area contributed by atoms with Crippen molar-refractivity contribution in [2.75, 3.05) is 0 Å². The molecule has 102 valence electrons. The minimum atomic E-state index is -0.262. The van der Waals surface area contributed by atoms with Gasteiger partial charge in [-0.3, -0.25) is 0 Å². The number of aromatic nitrogens is 2. The number of nitrogens with zero attached hydrogens (tertiary/aromatic N) is 2. The SMILES string of the molecule is CC1(n2c(CCl)nc3c(F)cccc32)CCCCC1. The standard InChI is InChI=1S/C15H18ClFN2/c1-15(8-3-2-4-9-15)19-12-7-5-6-11(17)14(12)18-13(19)10-16/h5-7H,2-4,8-10H2,1H3. The lowest BCUT2D eigenvalue weighted by atomic mass is 9.83. The minimum absolute atomic E-state index is 0.0189. The fourth-order valence-corrected chi connectivity index (χ4v) is 3.52. The molecule has 0 bridgehead atoms. The van der Waals surface area contributed by atoms with Gasteiger partial charge in [0, 0.05) is 5.54 Å². The fraction of sp³-hybridized carbons (Fsp3) is 0.533. The summed E-state index contributed by atoms with van der Waals surface area (Å²) in [5, 5.41) is 0. The van der Waals surface area contributed by atoms with E-state index in [0.717, 1.165) is 24.2 Å². The van der Waals surface area contributed by atoms with Gasteiger partial charge in [0.05, 0.1) is 11.4 Å². The molecule has 1 aromatic heterocycles. The first-order valence-electron chi connectivity index (χ1n) is 6.88. The number of hydrogen-bond acceptors (Lipinski definition) is 1. The minimum Gasteiger partial charge on any atom is -0.321 e. The Bertz CT molecular complexity index is 599. The monoisotopic (exact) mass is 280 g/mol. The van der Waals surface area contributed by atoms with Crippen LogP contribution in [0.5, 0.6) is 0 Å². The Morgan fingerprint density at radius 2 is 2.05 bits per heavy atom. The highest BCUT2D eigenvalue weighted by molar-refractivity contribution is 6.16. The van der Waals surface area contributed by atoms with Crippen molar-refractivity contribution in [2.45, 2.75) is 50.4 Å². The molecular formula is C15H18ClFN2. The second-order valence-electron chi connectivity index (χ2n) is 5.66. The van der Waals surface area contributed by atoms with Crippen molar-refractivity contribution < 1.29 is 4.39 Å². The summed E-state index contributed by atoms with van der Waals surface area (Å²) >= 11 is 6.03. The van der Waals surface area contributed by atoms with Crippen LogP contribution in [-0.4, -0.2) is 9.55 Å². The summed E-state index contributed by atoms with van der Waals surface area (Å²) in [5.74, 6) is 0.845. The maximum atomic E-state index is 13.9. The van der Waals surface area contributed by atoms with Gasteiger partial charge in [0.25, 0.3) is 0 Å². The van der Waals surface area contributed by atoms with E-state index in [1.54, 1.807) is 6.07 Å². The molecule has 3 rings (SSSR count). The normalized spacial score (nSPS) is 18.9. The van der Waals surface area contributed by atoms with Gasteiger partial charge >= 0.3 is 0 Å². The quantitative estimate of drug-likeness (QED) is 0.736. The fourth-order valence-electron chi connectivity index (χ4n) is 3.34. The largest absolute Gasteiger partial charge is 0.321 e. The second-order valence-corrected chi connectivity index (χ2v) is 5.93. The number of para-hydroxylation sites is 1. The summed E-state index contributed by atoms with van der Waals surface area (Å²) in [5.41, 5.74) is 1.34. The smallest absolute Gasteiger partial charge is 0.151 e. The van der Waals surface area contributed by atoms with E-state index in [1.807, 2.05) is 6.07 Å². The van der Waals surface area contributed by atoms with Crippen molar-refractivity contribution in [1.29, 1.82) is 0 Å². The van der Waals surface area contributed by atoms with Gasteiger partial charge in [-0.05, 0) is 31.9 Å². The zero-order valence-corrected chi connectivity index (χ0v) is 11.9. The first kappa shape index (κ1) is 12.9. The maximum absolute atomic E-state index is 13.9. The molecule has 0 saturated heterocycles. The molecule has 19 heavy (non-hydrogen) atoms. The van der Waals surface area contributed by atoms with Gasteiger partial charge < -0.3 is 4.57 Å². The average Bonchev–Trinajstić information content (AvgIpc) is 2.80. The Labute approximate surface area is 117 Å². The van der Waals surface area contributed by atoms with Crippen LogP contribution in [-0.2, 0) is 11.4 Å². The Hall–Kier alpha value is -1.09. The number of rotatable bonds is 2. The van der Waals surface area contributed by atoms with Gasteiger partial charge in [0.15, 0.2) is 5.82 Å². The van der Waals surface area contributed by atoms with Crippen LogP contribution in [0.25, 0.3) is 11.0 Å². The Morgan fingerprint density at radius 3 is 2.74 bits per heavy atom. The molecule has 2 aromatic rings. The maximum Gasteiger partial charge on any atom is 0.151 e. The molecular weight excluding hydrogens is 263 g/mol. The first-order chi connectivity index (χ1) is 9.15. The van der Waals surface area contributed by atoms with E-state index in [9.17, 15) is 4.39 Å². The van der Waals surface area contributed by atoms with Crippen LogP contribution in [0.4, 0.5) is 4.39 Å². The van der Waals surface area contributed by atoms with E-state index < -0.39 is 0 Å². The van der Waals surface area contributed by atoms with Gasteiger partial charge in [-0.25, -0.2) is 9.37 Å². The van der Waals surface area contributed by atoms with E-state index in [4.69, 9.17) is 11.6 Å². The van der Waals surface area contributed by atoms with E-state index in [1.165, 1.54) is 25.3 Å². The molecule has 1 aromatic carbocycles. The molecule has 0 atom stereocenters. The lowest BCUT2D eigenvalue weighted by Crippen LogP contribution is -2.33. The highest BCUT2D eigenvalue weighted by Gasteiger charge is 2.32. The highest BCUT2D eigenvalue weighted by atomic mass is 35.5. The lowest BCUT2D eigenvalue weighted by molar-refractivity contribution is 0.220. The third-order valence-corrected chi connectivity index (χ3v) is 4.53. The number of alkyl halides is 1. The summed E-state index contributed by atoms with van der Waals surface area (Å²) < 4.78 is 16.1. The zero-order chi connectivity index (χ0) is 13.5. The van der Waals surface area contributed by atoms with Gasteiger partial charge in [0.1, 0.15) is 11.3 Å². The van der Waals surface area contributed by atoms with Crippen LogP contribution in [0.15, 0.2) is 18.2 Å². The highest BCUT2D eigenvalue weighted by Crippen LogP contribution is 2.38. The predicted molar refractivity (Wildman–Crippen MR) is 76.0 cm³/mol. The van der Waals surface area contributed by atoms with Crippen LogP contribution in [0.1, 0.15) is 44.9 Å². The Morgan fingerprint density at radius 1 is 1.32 bits per heavy atom. The molecule has 0 unspecified atom stereocenters. The molecule has 0 aliphatic heterocycles. The molecule has 1 heterocycles. The zero-order valence-electron chi connectivity index (χ0n) is 11.1. The van der Waals surface area contributed by atoms with E-state index >= 15 is 0 Å². The van der Waals surface area contributed by atoms with E-state index in [2.05, 4.69) is 16.5 Å². The number of fused-ring (bicyclic) bond motifs is 1. The molecule has 0 N–H and O–H groups in total. The number of imidazole rings is 1. The van der Waals surface area contributed by atoms with E-state index in [-0.39, 0.29) is 11.4 Å². The third-order valence-electron chi connectivity index (χ3n) is 4.30. The third kappa shape index (κ3) is 2.04. The second kappa shape index (κ2) is 4.78. The molecule has 1 fully saturated rings. The van der Waals surface area contributed by atoms with Gasteiger partial charge in [-0.15, -0.1) is 11.6 Å². The van der Waals surface area contributed by atoms with Crippen molar-refractivity contribution >= 4 is 22.6 Å². The average molecular weight is 281 g/mol. The van der Waals surface area contributed by atoms with Crippen molar-refractivity contribution in [3.05, 3.63) is 29.8 Å². The number of halogens is 2. The molecule has 0 radical (unpaired) electrons. The summed E-state index contributed by atoms with van der Waals surface area (Å²) in [6, 6.07) is 5.16. The van der Waals surface area contributed by atoms with Crippen molar-refractivity contribution in [3.63, 3.8) is 0 Å². The Kier molecular flexibility index (Phi) is 3.25. The van der Waals surface area contributed by atoms with Crippen LogP contribution in [0, 0.1) is 5.82 Å². The molecule has 0 spiro atoms. The molecule has 0 amide bonds. The van der Waals surface area contributed by atoms with Crippen LogP contribution in [0.2, 0.25) is 0 Å². The van der Waals surface area contributed by atoms with Crippen LogP contribution in [0.3, 0.4) is 0 Å². The molecule has 4 heteroatoms. The van der Waals surface area contributed by atoms with Crippen LogP contribution >= 0.6 is 11.6 Å². The Balaban J connectivity index is 2.23. The van der Waals surface area contributed by atoms with E-state index in [0.29, 0.717) is 11.4 Å². The topological polar surface area (TPSA) is 17.8 Å². The summed E-state index contributed by atoms with van der Waals surface area (Å²) in [7, 11) is 0. The van der Waals surface area contributed by atoms with Crippen molar-refractivity contribution in [1.82, 2.24) is 9.55 Å². The molecule has 1 saturated carbocycles. The van der Waals surface area contributed by atoms with Crippen LogP contribution < -0.4 is 0 Å². The summed E-state index contributed by atoms with van der Waals surface area (Å²) in [6.45, 7) is 2.24. The number of hydrogen-bond donors (Lipinski definition) is 0. The lowest BCUT2D eigenvalue weighted by Gasteiger charge is -2.36. The van der Waals surface area contributed by atoms with Gasteiger partial charge in [0.2, 0.25) is 0 Å². The van der Waals surface area contributed by atoms with Gasteiger partial charge in [-0.2, -0.15) is 0 Å². The summed E-state index contributed by atoms with van der Waals surface area (Å²) in [6.07, 6.45) is 5.94. The molecule has 2 nitrogen and oxygen atoms in total.